The summed E-state index contributed by atoms with van der Waals surface area (Å²) in [6.45, 7) is 5.05. The average molecular weight is 289 g/mol. The monoisotopic (exact) mass is 288 g/mol. The molecule has 4 nitrogen and oxygen atoms in total. The lowest BCUT2D eigenvalue weighted by molar-refractivity contribution is -0.149. The molecule has 0 bridgehead atoms. The molecule has 1 fully saturated rings. The molecule has 1 saturated heterocycles. The number of rotatable bonds is 4. The maximum Gasteiger partial charge on any atom is 0.309 e. The van der Waals surface area contributed by atoms with Crippen molar-refractivity contribution in [2.45, 2.75) is 26.3 Å². The van der Waals surface area contributed by atoms with Crippen LogP contribution in [-0.4, -0.2) is 35.5 Å². The minimum Gasteiger partial charge on any atom is -0.466 e. The molecule has 0 atom stereocenters. The Hall–Kier alpha value is -0.650. The molecular formula is C12H17ClN2O2S. The number of piperidine rings is 1. The molecule has 18 heavy (non-hydrogen) atoms. The van der Waals surface area contributed by atoms with Crippen molar-refractivity contribution in [3.8, 4) is 0 Å². The first-order chi connectivity index (χ1) is 8.69. The zero-order chi connectivity index (χ0) is 13.0. The fourth-order valence-corrected chi connectivity index (χ4v) is 3.18. The Morgan fingerprint density at radius 2 is 2.33 bits per heavy atom. The summed E-state index contributed by atoms with van der Waals surface area (Å²) in [5.41, 5.74) is 0. The summed E-state index contributed by atoms with van der Waals surface area (Å²) >= 11 is 7.32. The van der Waals surface area contributed by atoms with Crippen molar-refractivity contribution in [1.29, 1.82) is 0 Å². The standard InChI is InChI=1S/C12H17ClN2O2S/c1-2-17-11(16)9-3-5-15(6-4-9)8-10-7-14-12(13)18-10/h7,9H,2-6,8H2,1H3. The van der Waals surface area contributed by atoms with Gasteiger partial charge in [-0.15, -0.1) is 11.3 Å². The fraction of sp³-hybridized carbons (Fsp3) is 0.667. The van der Waals surface area contributed by atoms with Crippen molar-refractivity contribution < 1.29 is 9.53 Å². The second-order valence-corrected chi connectivity index (χ2v) is 6.08. The SMILES string of the molecule is CCOC(=O)C1CCN(Cc2cnc(Cl)s2)CC1. The number of halogens is 1. The third-order valence-corrected chi connectivity index (χ3v) is 4.21. The Kier molecular flexibility index (Phi) is 4.97. The largest absolute Gasteiger partial charge is 0.466 e. The molecule has 0 aromatic carbocycles. The lowest BCUT2D eigenvalue weighted by Crippen LogP contribution is -2.36. The van der Waals surface area contributed by atoms with E-state index in [0.717, 1.165) is 32.5 Å². The van der Waals surface area contributed by atoms with E-state index in [0.29, 0.717) is 11.1 Å². The number of esters is 1. The van der Waals surface area contributed by atoms with E-state index >= 15 is 0 Å². The minimum absolute atomic E-state index is 0.0435. The molecule has 2 heterocycles. The smallest absolute Gasteiger partial charge is 0.309 e. The summed E-state index contributed by atoms with van der Waals surface area (Å²) in [5.74, 6) is 0.0317. The lowest BCUT2D eigenvalue weighted by atomic mass is 9.97. The molecule has 1 aromatic heterocycles. The molecule has 0 N–H and O–H groups in total. The quantitative estimate of drug-likeness (QED) is 0.799. The number of aromatic nitrogens is 1. The average Bonchev–Trinajstić information content (AvgIpc) is 2.76. The van der Waals surface area contributed by atoms with Crippen molar-refractivity contribution in [1.82, 2.24) is 9.88 Å². The third-order valence-electron chi connectivity index (χ3n) is 3.11. The molecule has 0 aliphatic carbocycles. The Bertz CT molecular complexity index is 403. The van der Waals surface area contributed by atoms with Crippen LogP contribution in [0.15, 0.2) is 6.20 Å². The van der Waals surface area contributed by atoms with Gasteiger partial charge in [0.05, 0.1) is 12.5 Å². The number of nitrogens with zero attached hydrogens (tertiary/aromatic N) is 2. The van der Waals surface area contributed by atoms with Gasteiger partial charge in [0.15, 0.2) is 4.47 Å². The van der Waals surface area contributed by atoms with Crippen LogP contribution in [0.25, 0.3) is 0 Å². The van der Waals surface area contributed by atoms with E-state index in [1.54, 1.807) is 0 Å². The van der Waals surface area contributed by atoms with E-state index in [1.807, 2.05) is 13.1 Å². The van der Waals surface area contributed by atoms with E-state index in [1.165, 1.54) is 16.2 Å². The topological polar surface area (TPSA) is 42.4 Å². The van der Waals surface area contributed by atoms with Crippen LogP contribution in [0, 0.1) is 5.92 Å². The second kappa shape index (κ2) is 6.50. The highest BCUT2D eigenvalue weighted by Crippen LogP contribution is 2.23. The van der Waals surface area contributed by atoms with Crippen LogP contribution in [0.2, 0.25) is 4.47 Å². The summed E-state index contributed by atoms with van der Waals surface area (Å²) in [5, 5.41) is 0. The normalized spacial score (nSPS) is 17.9. The molecule has 1 aliphatic rings. The number of hydrogen-bond donors (Lipinski definition) is 0. The summed E-state index contributed by atoms with van der Waals surface area (Å²) in [6.07, 6.45) is 3.58. The fourth-order valence-electron chi connectivity index (χ4n) is 2.16. The number of carbonyl (C=O) groups excluding carboxylic acids is 1. The molecule has 0 radical (unpaired) electrons. The number of ether oxygens (including phenoxy) is 1. The van der Waals surface area contributed by atoms with Gasteiger partial charge in [-0.1, -0.05) is 11.6 Å². The molecule has 0 saturated carbocycles. The Morgan fingerprint density at radius 3 is 2.89 bits per heavy atom. The maximum absolute atomic E-state index is 11.6. The van der Waals surface area contributed by atoms with Gasteiger partial charge >= 0.3 is 5.97 Å². The third kappa shape index (κ3) is 3.67. The molecule has 2 rings (SSSR count). The van der Waals surface area contributed by atoms with Gasteiger partial charge in [0.1, 0.15) is 0 Å². The first-order valence-corrected chi connectivity index (χ1v) is 7.37. The van der Waals surface area contributed by atoms with Gasteiger partial charge in [0.25, 0.3) is 0 Å². The number of thiazole rings is 1. The van der Waals surface area contributed by atoms with Crippen LogP contribution in [0.1, 0.15) is 24.6 Å². The van der Waals surface area contributed by atoms with E-state index in [2.05, 4.69) is 9.88 Å². The van der Waals surface area contributed by atoms with E-state index in [4.69, 9.17) is 16.3 Å². The summed E-state index contributed by atoms with van der Waals surface area (Å²) in [4.78, 5) is 19.1. The molecule has 0 unspecified atom stereocenters. The van der Waals surface area contributed by atoms with Gasteiger partial charge in [-0.25, -0.2) is 4.98 Å². The van der Waals surface area contributed by atoms with E-state index < -0.39 is 0 Å². The lowest BCUT2D eigenvalue weighted by Gasteiger charge is -2.30. The molecule has 0 spiro atoms. The predicted molar refractivity (Wildman–Crippen MR) is 71.8 cm³/mol. The van der Waals surface area contributed by atoms with Gasteiger partial charge in [-0.05, 0) is 32.9 Å². The van der Waals surface area contributed by atoms with Crippen LogP contribution in [0.5, 0.6) is 0 Å². The van der Waals surface area contributed by atoms with Crippen LogP contribution in [-0.2, 0) is 16.1 Å². The Morgan fingerprint density at radius 1 is 1.61 bits per heavy atom. The molecule has 1 aliphatic heterocycles. The van der Waals surface area contributed by atoms with Crippen molar-refractivity contribution in [3.63, 3.8) is 0 Å². The van der Waals surface area contributed by atoms with Gasteiger partial charge in [0, 0.05) is 17.6 Å². The van der Waals surface area contributed by atoms with Gasteiger partial charge in [0.2, 0.25) is 0 Å². The maximum atomic E-state index is 11.6. The first-order valence-electron chi connectivity index (χ1n) is 6.18. The summed E-state index contributed by atoms with van der Waals surface area (Å²) in [7, 11) is 0. The number of carbonyl (C=O) groups is 1. The van der Waals surface area contributed by atoms with Gasteiger partial charge in [-0.2, -0.15) is 0 Å². The predicted octanol–water partition coefficient (Wildman–Crippen LogP) is 2.57. The molecule has 6 heteroatoms. The van der Waals surface area contributed by atoms with E-state index in [9.17, 15) is 4.79 Å². The second-order valence-electron chi connectivity index (χ2n) is 4.38. The van der Waals surface area contributed by atoms with Crippen LogP contribution < -0.4 is 0 Å². The van der Waals surface area contributed by atoms with Crippen molar-refractivity contribution in [2.24, 2.45) is 5.92 Å². The van der Waals surface area contributed by atoms with Gasteiger partial charge < -0.3 is 4.74 Å². The Labute approximate surface area is 116 Å². The zero-order valence-electron chi connectivity index (χ0n) is 10.4. The minimum atomic E-state index is -0.0435. The van der Waals surface area contributed by atoms with Crippen LogP contribution in [0.3, 0.4) is 0 Å². The zero-order valence-corrected chi connectivity index (χ0v) is 12.0. The molecule has 100 valence electrons. The Balaban J connectivity index is 1.78. The van der Waals surface area contributed by atoms with Crippen molar-refractivity contribution >= 4 is 28.9 Å². The highest BCUT2D eigenvalue weighted by molar-refractivity contribution is 7.15. The van der Waals surface area contributed by atoms with Crippen LogP contribution >= 0.6 is 22.9 Å². The van der Waals surface area contributed by atoms with Crippen molar-refractivity contribution in [2.75, 3.05) is 19.7 Å². The van der Waals surface area contributed by atoms with Crippen LogP contribution in [0.4, 0.5) is 0 Å². The van der Waals surface area contributed by atoms with E-state index in [-0.39, 0.29) is 11.9 Å². The van der Waals surface area contributed by atoms with Gasteiger partial charge in [-0.3, -0.25) is 9.69 Å². The highest BCUT2D eigenvalue weighted by Gasteiger charge is 2.26. The first kappa shape index (κ1) is 13.8. The summed E-state index contributed by atoms with van der Waals surface area (Å²) in [6, 6.07) is 0. The number of hydrogen-bond acceptors (Lipinski definition) is 5. The number of likely N-dealkylation sites (tertiary alicyclic amines) is 1. The highest BCUT2D eigenvalue weighted by atomic mass is 35.5. The summed E-state index contributed by atoms with van der Waals surface area (Å²) < 4.78 is 5.64. The molecular weight excluding hydrogens is 272 g/mol. The molecule has 1 aromatic rings. The molecule has 0 amide bonds. The van der Waals surface area contributed by atoms with Crippen molar-refractivity contribution in [3.05, 3.63) is 15.5 Å².